The van der Waals surface area contributed by atoms with Gasteiger partial charge in [-0.15, -0.1) is 17.0 Å². The summed E-state index contributed by atoms with van der Waals surface area (Å²) >= 11 is 0. The van der Waals surface area contributed by atoms with Crippen molar-refractivity contribution in [1.82, 2.24) is 5.32 Å². The van der Waals surface area contributed by atoms with Crippen LogP contribution in [0.4, 0.5) is 0 Å². The van der Waals surface area contributed by atoms with Crippen molar-refractivity contribution < 1.29 is 5.11 Å². The van der Waals surface area contributed by atoms with E-state index in [1.807, 2.05) is 6.07 Å². The van der Waals surface area contributed by atoms with Crippen LogP contribution in [-0.2, 0) is 12.8 Å². The third-order valence-electron chi connectivity index (χ3n) is 3.65. The lowest BCUT2D eigenvalue weighted by molar-refractivity contribution is 0.399. The van der Waals surface area contributed by atoms with Gasteiger partial charge in [-0.3, -0.25) is 0 Å². The van der Waals surface area contributed by atoms with Crippen LogP contribution in [-0.4, -0.2) is 17.7 Å². The fourth-order valence-electron chi connectivity index (χ4n) is 2.86. The Labute approximate surface area is 100 Å². The van der Waals surface area contributed by atoms with Crippen LogP contribution in [0.5, 0.6) is 5.75 Å². The summed E-state index contributed by atoms with van der Waals surface area (Å²) in [6.07, 6.45) is 3.44. The molecule has 1 aromatic rings. The van der Waals surface area contributed by atoms with Crippen LogP contribution < -0.4 is 5.32 Å². The maximum absolute atomic E-state index is 9.75. The molecule has 0 bridgehead atoms. The maximum atomic E-state index is 9.75. The van der Waals surface area contributed by atoms with Crippen molar-refractivity contribution in [2.75, 3.05) is 6.54 Å². The van der Waals surface area contributed by atoms with E-state index in [9.17, 15) is 5.11 Å². The predicted molar refractivity (Wildman–Crippen MR) is 65.7 cm³/mol. The zero-order chi connectivity index (χ0) is 9.54. The van der Waals surface area contributed by atoms with Gasteiger partial charge in [0.2, 0.25) is 0 Å². The lowest BCUT2D eigenvalue weighted by Crippen LogP contribution is -2.34. The minimum absolute atomic E-state index is 0. The van der Waals surface area contributed by atoms with Gasteiger partial charge >= 0.3 is 0 Å². The minimum Gasteiger partial charge on any atom is -0.508 e. The molecule has 3 rings (SSSR count). The molecule has 0 radical (unpaired) electrons. The number of phenolic OH excluding ortho intramolecular Hbond substituents is 1. The van der Waals surface area contributed by atoms with E-state index in [-0.39, 0.29) is 17.0 Å². The first-order chi connectivity index (χ1) is 6.84. The smallest absolute Gasteiger partial charge is 0.119 e. The molecule has 0 unspecified atom stereocenters. The van der Waals surface area contributed by atoms with Crippen molar-refractivity contribution in [3.63, 3.8) is 0 Å². The molecule has 0 aromatic heterocycles. The molecule has 1 aliphatic heterocycles. The molecule has 1 aliphatic carbocycles. The van der Waals surface area contributed by atoms with Gasteiger partial charge in [0, 0.05) is 6.04 Å². The van der Waals surface area contributed by atoms with E-state index >= 15 is 0 Å². The molecule has 3 heteroatoms. The minimum atomic E-state index is 0. The summed E-state index contributed by atoms with van der Waals surface area (Å²) in [6.45, 7) is 1.14. The summed E-state index contributed by atoms with van der Waals surface area (Å²) in [6, 6.07) is 6.52. The molecule has 2 atom stereocenters. The van der Waals surface area contributed by atoms with Crippen LogP contribution in [0.15, 0.2) is 18.2 Å². The molecular formula is C12H16BrNO. The van der Waals surface area contributed by atoms with E-state index in [0.29, 0.717) is 11.8 Å². The predicted octanol–water partition coefficient (Wildman–Crippen LogP) is 2.05. The number of aromatic hydroxyl groups is 1. The number of fused-ring (bicyclic) bond motifs is 2. The Hall–Kier alpha value is -0.540. The standard InChI is InChI=1S/C12H15NO.BrH/c14-12-3-1-2-8-6-9-4-5-13-11(9)7-10(8)12;/h1-3,9,11,13-14H,4-7H2;1H/t9-,11-;/m0./s1. The van der Waals surface area contributed by atoms with Gasteiger partial charge in [0.15, 0.2) is 0 Å². The Bertz CT molecular complexity index is 367. The molecule has 0 amide bonds. The summed E-state index contributed by atoms with van der Waals surface area (Å²) in [7, 11) is 0. The van der Waals surface area contributed by atoms with E-state index in [2.05, 4.69) is 11.4 Å². The average molecular weight is 270 g/mol. The maximum Gasteiger partial charge on any atom is 0.119 e. The highest BCUT2D eigenvalue weighted by atomic mass is 79.9. The Morgan fingerprint density at radius 3 is 3.00 bits per heavy atom. The van der Waals surface area contributed by atoms with Crippen molar-refractivity contribution in [2.24, 2.45) is 5.92 Å². The van der Waals surface area contributed by atoms with Crippen molar-refractivity contribution in [2.45, 2.75) is 25.3 Å². The highest BCUT2D eigenvalue weighted by molar-refractivity contribution is 8.93. The van der Waals surface area contributed by atoms with Crippen LogP contribution in [0.25, 0.3) is 0 Å². The molecule has 1 aromatic carbocycles. The molecule has 2 N–H and O–H groups in total. The molecule has 15 heavy (non-hydrogen) atoms. The number of phenols is 1. The fraction of sp³-hybridized carbons (Fsp3) is 0.500. The number of nitrogens with one attached hydrogen (secondary N) is 1. The summed E-state index contributed by atoms with van der Waals surface area (Å²) in [5.41, 5.74) is 2.53. The first-order valence-electron chi connectivity index (χ1n) is 5.38. The molecule has 2 aliphatic rings. The average Bonchev–Trinajstić information content (AvgIpc) is 2.62. The highest BCUT2D eigenvalue weighted by Gasteiger charge is 2.32. The Morgan fingerprint density at radius 2 is 2.13 bits per heavy atom. The van der Waals surface area contributed by atoms with Crippen molar-refractivity contribution in [1.29, 1.82) is 0 Å². The van der Waals surface area contributed by atoms with E-state index < -0.39 is 0 Å². The zero-order valence-corrected chi connectivity index (χ0v) is 10.3. The second kappa shape index (κ2) is 4.14. The Balaban J connectivity index is 0.000000853. The zero-order valence-electron chi connectivity index (χ0n) is 8.57. The van der Waals surface area contributed by atoms with Crippen LogP contribution in [0, 0.1) is 5.92 Å². The normalized spacial score (nSPS) is 27.7. The lowest BCUT2D eigenvalue weighted by atomic mass is 9.80. The third-order valence-corrected chi connectivity index (χ3v) is 3.65. The van der Waals surface area contributed by atoms with E-state index in [1.54, 1.807) is 6.07 Å². The molecule has 2 nitrogen and oxygen atoms in total. The molecular weight excluding hydrogens is 254 g/mol. The number of rotatable bonds is 0. The second-order valence-electron chi connectivity index (χ2n) is 4.43. The van der Waals surface area contributed by atoms with Crippen molar-refractivity contribution in [3.8, 4) is 5.75 Å². The van der Waals surface area contributed by atoms with Crippen molar-refractivity contribution >= 4 is 17.0 Å². The largest absolute Gasteiger partial charge is 0.508 e. The lowest BCUT2D eigenvalue weighted by Gasteiger charge is -2.27. The topological polar surface area (TPSA) is 32.3 Å². The molecule has 1 fully saturated rings. The van der Waals surface area contributed by atoms with Gasteiger partial charge in [-0.05, 0) is 48.9 Å². The van der Waals surface area contributed by atoms with Crippen molar-refractivity contribution in [3.05, 3.63) is 29.3 Å². The summed E-state index contributed by atoms with van der Waals surface area (Å²) in [5, 5.41) is 13.3. The summed E-state index contributed by atoms with van der Waals surface area (Å²) in [4.78, 5) is 0. The molecule has 1 saturated heterocycles. The first kappa shape index (κ1) is 11.0. The second-order valence-corrected chi connectivity index (χ2v) is 4.43. The first-order valence-corrected chi connectivity index (χ1v) is 5.38. The molecule has 0 saturated carbocycles. The van der Waals surface area contributed by atoms with Gasteiger partial charge in [-0.2, -0.15) is 0 Å². The summed E-state index contributed by atoms with van der Waals surface area (Å²) < 4.78 is 0. The van der Waals surface area contributed by atoms with Crippen LogP contribution in [0.1, 0.15) is 17.5 Å². The number of hydrogen-bond acceptors (Lipinski definition) is 2. The Morgan fingerprint density at radius 1 is 1.27 bits per heavy atom. The highest BCUT2D eigenvalue weighted by Crippen LogP contribution is 2.34. The van der Waals surface area contributed by atoms with Gasteiger partial charge in [0.05, 0.1) is 0 Å². The van der Waals surface area contributed by atoms with E-state index in [0.717, 1.165) is 25.3 Å². The van der Waals surface area contributed by atoms with Crippen LogP contribution >= 0.6 is 17.0 Å². The Kier molecular flexibility index (Phi) is 3.03. The molecule has 82 valence electrons. The molecule has 1 heterocycles. The summed E-state index contributed by atoms with van der Waals surface area (Å²) in [5.74, 6) is 1.28. The van der Waals surface area contributed by atoms with Gasteiger partial charge in [-0.25, -0.2) is 0 Å². The van der Waals surface area contributed by atoms with Crippen LogP contribution in [0.3, 0.4) is 0 Å². The number of benzene rings is 1. The monoisotopic (exact) mass is 269 g/mol. The van der Waals surface area contributed by atoms with E-state index in [1.165, 1.54) is 17.5 Å². The van der Waals surface area contributed by atoms with Gasteiger partial charge in [0.25, 0.3) is 0 Å². The fourth-order valence-corrected chi connectivity index (χ4v) is 2.86. The quantitative estimate of drug-likeness (QED) is 0.756. The SMILES string of the molecule is Br.Oc1cccc2c1C[C@@H]1NCC[C@H]1C2. The third kappa shape index (κ3) is 1.79. The van der Waals surface area contributed by atoms with Crippen LogP contribution in [0.2, 0.25) is 0 Å². The van der Waals surface area contributed by atoms with Gasteiger partial charge in [-0.1, -0.05) is 12.1 Å². The number of halogens is 1. The van der Waals surface area contributed by atoms with Gasteiger partial charge in [0.1, 0.15) is 5.75 Å². The number of hydrogen-bond donors (Lipinski definition) is 2. The molecule has 0 spiro atoms. The van der Waals surface area contributed by atoms with Gasteiger partial charge < -0.3 is 10.4 Å². The van der Waals surface area contributed by atoms with E-state index in [4.69, 9.17) is 0 Å².